The first-order chi connectivity index (χ1) is 8.63. The van der Waals surface area contributed by atoms with Gasteiger partial charge in [-0.15, -0.1) is 0 Å². The van der Waals surface area contributed by atoms with Crippen molar-refractivity contribution in [2.24, 2.45) is 5.73 Å². The Morgan fingerprint density at radius 3 is 3.06 bits per heavy atom. The number of amides is 1. The molecule has 1 aromatic heterocycles. The first-order valence-corrected chi connectivity index (χ1v) is 6.19. The molecule has 1 aliphatic rings. The monoisotopic (exact) mass is 249 g/mol. The molecular weight excluding hydrogens is 230 g/mol. The Morgan fingerprint density at radius 1 is 1.61 bits per heavy atom. The van der Waals surface area contributed by atoms with Gasteiger partial charge in [-0.2, -0.15) is 0 Å². The lowest BCUT2D eigenvalue weighted by molar-refractivity contribution is 0.0615. The van der Waals surface area contributed by atoms with Gasteiger partial charge in [-0.1, -0.05) is 0 Å². The molecule has 0 radical (unpaired) electrons. The third kappa shape index (κ3) is 2.46. The van der Waals surface area contributed by atoms with E-state index in [0.29, 0.717) is 18.0 Å². The normalized spacial score (nSPS) is 23.8. The summed E-state index contributed by atoms with van der Waals surface area (Å²) < 4.78 is 5.13. The molecule has 1 aromatic rings. The summed E-state index contributed by atoms with van der Waals surface area (Å²) in [4.78, 5) is 18.4. The van der Waals surface area contributed by atoms with E-state index in [1.165, 1.54) is 7.11 Å². The van der Waals surface area contributed by atoms with E-state index in [1.54, 1.807) is 18.3 Å². The van der Waals surface area contributed by atoms with Crippen molar-refractivity contribution in [3.8, 4) is 5.88 Å². The predicted octanol–water partition coefficient (Wildman–Crippen LogP) is 1.04. The van der Waals surface area contributed by atoms with Crippen LogP contribution in [0.1, 0.15) is 30.1 Å². The highest BCUT2D eigenvalue weighted by Gasteiger charge is 2.29. The second-order valence-corrected chi connectivity index (χ2v) is 4.69. The van der Waals surface area contributed by atoms with E-state index in [1.807, 2.05) is 11.8 Å². The van der Waals surface area contributed by atoms with Crippen LogP contribution in [0.25, 0.3) is 0 Å². The summed E-state index contributed by atoms with van der Waals surface area (Å²) in [6, 6.07) is 3.84. The van der Waals surface area contributed by atoms with Gasteiger partial charge in [0.2, 0.25) is 5.88 Å². The number of nitrogens with zero attached hydrogens (tertiary/aromatic N) is 2. The molecule has 5 nitrogen and oxygen atoms in total. The number of carbonyl (C=O) groups is 1. The van der Waals surface area contributed by atoms with E-state index in [2.05, 4.69) is 4.98 Å². The molecule has 1 aliphatic heterocycles. The molecule has 1 saturated heterocycles. The summed E-state index contributed by atoms with van der Waals surface area (Å²) in [5.74, 6) is 0.351. The highest BCUT2D eigenvalue weighted by Crippen LogP contribution is 2.22. The fourth-order valence-corrected chi connectivity index (χ4v) is 2.38. The van der Waals surface area contributed by atoms with Gasteiger partial charge in [0.1, 0.15) is 5.56 Å². The topological polar surface area (TPSA) is 68.5 Å². The molecule has 2 heterocycles. The third-order valence-electron chi connectivity index (χ3n) is 3.37. The predicted molar refractivity (Wildman–Crippen MR) is 68.5 cm³/mol. The minimum atomic E-state index is -0.0284. The molecule has 0 aliphatic carbocycles. The molecule has 2 N–H and O–H groups in total. The van der Waals surface area contributed by atoms with Crippen molar-refractivity contribution in [2.75, 3.05) is 13.7 Å². The Bertz CT molecular complexity index is 436. The van der Waals surface area contributed by atoms with Crippen LogP contribution in [0.15, 0.2) is 18.3 Å². The number of nitrogens with two attached hydrogens (primary N) is 1. The fourth-order valence-electron chi connectivity index (χ4n) is 2.38. The summed E-state index contributed by atoms with van der Waals surface area (Å²) in [5, 5.41) is 0. The Kier molecular flexibility index (Phi) is 3.81. The van der Waals surface area contributed by atoms with Crippen LogP contribution in [0.3, 0.4) is 0 Å². The summed E-state index contributed by atoms with van der Waals surface area (Å²) >= 11 is 0. The standard InChI is InChI=1S/C13H19N3O2/c1-9-8-10(14)5-7-16(9)13(17)11-4-3-6-15-12(11)18-2/h3-4,6,9-10H,5,7-8,14H2,1-2H3. The van der Waals surface area contributed by atoms with Gasteiger partial charge in [-0.25, -0.2) is 4.98 Å². The Labute approximate surface area is 107 Å². The van der Waals surface area contributed by atoms with Gasteiger partial charge < -0.3 is 15.4 Å². The minimum absolute atomic E-state index is 0.0284. The summed E-state index contributed by atoms with van der Waals surface area (Å²) in [6.45, 7) is 2.72. The number of rotatable bonds is 2. The van der Waals surface area contributed by atoms with Crippen LogP contribution in [-0.4, -0.2) is 41.5 Å². The first kappa shape index (κ1) is 12.8. The van der Waals surface area contributed by atoms with Gasteiger partial charge in [0.25, 0.3) is 5.91 Å². The summed E-state index contributed by atoms with van der Waals surface area (Å²) in [7, 11) is 1.52. The van der Waals surface area contributed by atoms with Gasteiger partial charge in [-0.05, 0) is 31.9 Å². The van der Waals surface area contributed by atoms with E-state index in [4.69, 9.17) is 10.5 Å². The van der Waals surface area contributed by atoms with Crippen LogP contribution < -0.4 is 10.5 Å². The van der Waals surface area contributed by atoms with Crippen molar-refractivity contribution in [3.63, 3.8) is 0 Å². The van der Waals surface area contributed by atoms with E-state index < -0.39 is 0 Å². The number of pyridine rings is 1. The molecule has 98 valence electrons. The van der Waals surface area contributed by atoms with Crippen LogP contribution in [0.5, 0.6) is 5.88 Å². The average Bonchev–Trinajstić information content (AvgIpc) is 2.38. The average molecular weight is 249 g/mol. The van der Waals surface area contributed by atoms with Gasteiger partial charge in [0, 0.05) is 24.8 Å². The number of hydrogen-bond donors (Lipinski definition) is 1. The molecule has 1 amide bonds. The number of methoxy groups -OCH3 is 1. The maximum Gasteiger partial charge on any atom is 0.259 e. The Hall–Kier alpha value is -1.62. The van der Waals surface area contributed by atoms with E-state index >= 15 is 0 Å². The lowest BCUT2D eigenvalue weighted by Gasteiger charge is -2.36. The van der Waals surface area contributed by atoms with Gasteiger partial charge in [0.05, 0.1) is 7.11 Å². The number of aromatic nitrogens is 1. The number of piperidine rings is 1. The van der Waals surface area contributed by atoms with E-state index in [-0.39, 0.29) is 18.0 Å². The van der Waals surface area contributed by atoms with Crippen LogP contribution in [0, 0.1) is 0 Å². The Balaban J connectivity index is 2.20. The minimum Gasteiger partial charge on any atom is -0.480 e. The molecule has 2 unspecified atom stereocenters. The molecular formula is C13H19N3O2. The highest BCUT2D eigenvalue weighted by molar-refractivity contribution is 5.96. The van der Waals surface area contributed by atoms with Crippen molar-refractivity contribution in [2.45, 2.75) is 31.8 Å². The lowest BCUT2D eigenvalue weighted by Crippen LogP contribution is -2.48. The number of ether oxygens (including phenoxy) is 1. The molecule has 0 saturated carbocycles. The quantitative estimate of drug-likeness (QED) is 0.850. The second-order valence-electron chi connectivity index (χ2n) is 4.69. The second kappa shape index (κ2) is 5.35. The molecule has 18 heavy (non-hydrogen) atoms. The third-order valence-corrected chi connectivity index (χ3v) is 3.37. The molecule has 2 rings (SSSR count). The van der Waals surface area contributed by atoms with Crippen LogP contribution in [0.2, 0.25) is 0 Å². The zero-order valence-corrected chi connectivity index (χ0v) is 10.8. The maximum atomic E-state index is 12.5. The SMILES string of the molecule is COc1ncccc1C(=O)N1CCC(N)CC1C. The van der Waals surface area contributed by atoms with Crippen LogP contribution >= 0.6 is 0 Å². The molecule has 2 atom stereocenters. The summed E-state index contributed by atoms with van der Waals surface area (Å²) in [5.41, 5.74) is 6.42. The molecule has 0 spiro atoms. The van der Waals surface area contributed by atoms with Crippen molar-refractivity contribution in [1.29, 1.82) is 0 Å². The van der Waals surface area contributed by atoms with Gasteiger partial charge in [0.15, 0.2) is 0 Å². The fraction of sp³-hybridized carbons (Fsp3) is 0.538. The van der Waals surface area contributed by atoms with Crippen molar-refractivity contribution in [3.05, 3.63) is 23.9 Å². The van der Waals surface area contributed by atoms with Gasteiger partial charge in [-0.3, -0.25) is 4.79 Å². The zero-order valence-electron chi connectivity index (χ0n) is 10.8. The molecule has 5 heteroatoms. The van der Waals surface area contributed by atoms with E-state index in [9.17, 15) is 4.79 Å². The van der Waals surface area contributed by atoms with Crippen molar-refractivity contribution in [1.82, 2.24) is 9.88 Å². The smallest absolute Gasteiger partial charge is 0.259 e. The molecule has 0 bridgehead atoms. The maximum absolute atomic E-state index is 12.5. The molecule has 1 fully saturated rings. The largest absolute Gasteiger partial charge is 0.480 e. The summed E-state index contributed by atoms with van der Waals surface area (Å²) in [6.07, 6.45) is 3.30. The number of carbonyl (C=O) groups excluding carboxylic acids is 1. The highest BCUT2D eigenvalue weighted by atomic mass is 16.5. The lowest BCUT2D eigenvalue weighted by atomic mass is 9.98. The number of likely N-dealkylation sites (tertiary alicyclic amines) is 1. The Morgan fingerprint density at radius 2 is 2.39 bits per heavy atom. The number of hydrogen-bond acceptors (Lipinski definition) is 4. The van der Waals surface area contributed by atoms with Crippen LogP contribution in [0.4, 0.5) is 0 Å². The molecule has 0 aromatic carbocycles. The van der Waals surface area contributed by atoms with Crippen molar-refractivity contribution >= 4 is 5.91 Å². The van der Waals surface area contributed by atoms with Crippen LogP contribution in [-0.2, 0) is 0 Å². The van der Waals surface area contributed by atoms with Crippen molar-refractivity contribution < 1.29 is 9.53 Å². The zero-order chi connectivity index (χ0) is 13.1. The van der Waals surface area contributed by atoms with E-state index in [0.717, 1.165) is 12.8 Å². The first-order valence-electron chi connectivity index (χ1n) is 6.19. The van der Waals surface area contributed by atoms with Gasteiger partial charge >= 0.3 is 0 Å².